The smallest absolute Gasteiger partial charge is 0.271 e. The van der Waals surface area contributed by atoms with Crippen LogP contribution >= 0.6 is 11.8 Å². The van der Waals surface area contributed by atoms with Gasteiger partial charge < -0.3 is 9.64 Å². The van der Waals surface area contributed by atoms with Crippen molar-refractivity contribution in [2.75, 3.05) is 26.0 Å². The van der Waals surface area contributed by atoms with E-state index in [0.717, 1.165) is 36.6 Å². The van der Waals surface area contributed by atoms with Gasteiger partial charge in [0.1, 0.15) is 11.4 Å². The highest BCUT2D eigenvalue weighted by Gasteiger charge is 2.25. The molecule has 2 heterocycles. The molecule has 1 atom stereocenters. The van der Waals surface area contributed by atoms with Crippen LogP contribution in [0.15, 0.2) is 54.6 Å². The molecule has 29 heavy (non-hydrogen) atoms. The lowest BCUT2D eigenvalue weighted by molar-refractivity contribution is 0.0760. The van der Waals surface area contributed by atoms with Gasteiger partial charge in [0.05, 0.1) is 12.8 Å². The maximum Gasteiger partial charge on any atom is 0.271 e. The molecule has 150 valence electrons. The molecule has 6 heteroatoms. The van der Waals surface area contributed by atoms with E-state index in [2.05, 4.69) is 41.4 Å². The predicted molar refractivity (Wildman–Crippen MR) is 117 cm³/mol. The average molecular weight is 408 g/mol. The molecule has 1 unspecified atom stereocenters. The topological polar surface area (TPSA) is 58.2 Å². The zero-order valence-electron chi connectivity index (χ0n) is 16.7. The molecule has 1 N–H and O–H groups in total. The average Bonchev–Trinajstić information content (AvgIpc) is 3.12. The first-order chi connectivity index (χ1) is 14.2. The first kappa shape index (κ1) is 19.6. The van der Waals surface area contributed by atoms with Gasteiger partial charge in [-0.15, -0.1) is 0 Å². The van der Waals surface area contributed by atoms with Crippen molar-refractivity contribution >= 4 is 17.7 Å². The van der Waals surface area contributed by atoms with Crippen LogP contribution in [-0.2, 0) is 0 Å². The van der Waals surface area contributed by atoms with Gasteiger partial charge in [0, 0.05) is 29.7 Å². The molecule has 1 aliphatic heterocycles. The molecule has 0 bridgehead atoms. The minimum atomic E-state index is 0.00433. The van der Waals surface area contributed by atoms with E-state index in [4.69, 9.17) is 4.74 Å². The fourth-order valence-electron chi connectivity index (χ4n) is 3.77. The fourth-order valence-corrected chi connectivity index (χ4v) is 5.09. The number of ether oxygens (including phenoxy) is 1. The SMILES string of the molecule is COc1ccccc1-c1cc(C(=O)N2CCSC(c3ccccc3C)CC2)[nH]n1. The number of amides is 1. The van der Waals surface area contributed by atoms with Crippen LogP contribution in [0.5, 0.6) is 5.75 Å². The number of carbonyl (C=O) groups excluding carboxylic acids is 1. The van der Waals surface area contributed by atoms with Gasteiger partial charge in [0.15, 0.2) is 0 Å². The Balaban J connectivity index is 1.48. The Kier molecular flexibility index (Phi) is 5.90. The highest BCUT2D eigenvalue weighted by molar-refractivity contribution is 7.99. The Morgan fingerprint density at radius 2 is 1.97 bits per heavy atom. The number of rotatable bonds is 4. The van der Waals surface area contributed by atoms with Crippen molar-refractivity contribution in [1.29, 1.82) is 0 Å². The second kappa shape index (κ2) is 8.74. The largest absolute Gasteiger partial charge is 0.496 e. The number of H-pyrrole nitrogens is 1. The third kappa shape index (κ3) is 4.17. The third-order valence-electron chi connectivity index (χ3n) is 5.36. The van der Waals surface area contributed by atoms with E-state index in [1.54, 1.807) is 7.11 Å². The lowest BCUT2D eigenvalue weighted by Gasteiger charge is -2.20. The van der Waals surface area contributed by atoms with Gasteiger partial charge in [-0.1, -0.05) is 36.4 Å². The van der Waals surface area contributed by atoms with E-state index in [9.17, 15) is 4.79 Å². The van der Waals surface area contributed by atoms with Gasteiger partial charge in [-0.2, -0.15) is 16.9 Å². The molecule has 0 spiro atoms. The number of benzene rings is 2. The summed E-state index contributed by atoms with van der Waals surface area (Å²) in [4.78, 5) is 15.0. The molecule has 0 aliphatic carbocycles. The molecule has 1 aromatic heterocycles. The summed E-state index contributed by atoms with van der Waals surface area (Å²) in [6.07, 6.45) is 0.953. The Labute approximate surface area is 175 Å². The fraction of sp³-hybridized carbons (Fsp3) is 0.304. The number of thioether (sulfide) groups is 1. The second-order valence-electron chi connectivity index (χ2n) is 7.16. The zero-order valence-corrected chi connectivity index (χ0v) is 17.5. The van der Waals surface area contributed by atoms with Gasteiger partial charge in [0.2, 0.25) is 0 Å². The highest BCUT2D eigenvalue weighted by atomic mass is 32.2. The van der Waals surface area contributed by atoms with E-state index in [-0.39, 0.29) is 5.91 Å². The van der Waals surface area contributed by atoms with Crippen LogP contribution in [0.25, 0.3) is 11.3 Å². The Morgan fingerprint density at radius 1 is 1.17 bits per heavy atom. The first-order valence-corrected chi connectivity index (χ1v) is 10.9. The van der Waals surface area contributed by atoms with Crippen LogP contribution in [-0.4, -0.2) is 47.0 Å². The number of aromatic amines is 1. The number of nitrogens with zero attached hydrogens (tertiary/aromatic N) is 2. The summed E-state index contributed by atoms with van der Waals surface area (Å²) >= 11 is 1.94. The molecule has 0 saturated carbocycles. The summed E-state index contributed by atoms with van der Waals surface area (Å²) < 4.78 is 5.41. The normalized spacial score (nSPS) is 17.0. The number of nitrogens with one attached hydrogen (secondary N) is 1. The molecule has 1 saturated heterocycles. The molecular weight excluding hydrogens is 382 g/mol. The number of hydrogen-bond acceptors (Lipinski definition) is 4. The van der Waals surface area contributed by atoms with Crippen LogP contribution in [0.4, 0.5) is 0 Å². The van der Waals surface area contributed by atoms with E-state index in [0.29, 0.717) is 16.6 Å². The van der Waals surface area contributed by atoms with Gasteiger partial charge in [-0.3, -0.25) is 9.89 Å². The van der Waals surface area contributed by atoms with Crippen molar-refractivity contribution in [3.8, 4) is 17.0 Å². The van der Waals surface area contributed by atoms with E-state index < -0.39 is 0 Å². The van der Waals surface area contributed by atoms with Crippen molar-refractivity contribution in [2.45, 2.75) is 18.6 Å². The van der Waals surface area contributed by atoms with Gasteiger partial charge in [-0.05, 0) is 42.7 Å². The molecule has 5 nitrogen and oxygen atoms in total. The summed E-state index contributed by atoms with van der Waals surface area (Å²) in [6, 6.07) is 18.0. The standard InChI is InChI=1S/C23H25N3O2S/c1-16-7-3-4-8-17(16)22-11-12-26(13-14-29-22)23(27)20-15-19(24-25-20)18-9-5-6-10-21(18)28-2/h3-10,15,22H,11-14H2,1-2H3,(H,24,25). The van der Waals surface area contributed by atoms with Crippen LogP contribution < -0.4 is 4.74 Å². The van der Waals surface area contributed by atoms with E-state index in [1.807, 2.05) is 47.0 Å². The van der Waals surface area contributed by atoms with Crippen molar-refractivity contribution in [1.82, 2.24) is 15.1 Å². The quantitative estimate of drug-likeness (QED) is 0.680. The summed E-state index contributed by atoms with van der Waals surface area (Å²) in [5, 5.41) is 7.70. The molecule has 3 aromatic rings. The minimum absolute atomic E-state index is 0.00433. The van der Waals surface area contributed by atoms with Gasteiger partial charge >= 0.3 is 0 Å². The van der Waals surface area contributed by atoms with Crippen LogP contribution in [0.2, 0.25) is 0 Å². The molecule has 0 radical (unpaired) electrons. The van der Waals surface area contributed by atoms with Crippen molar-refractivity contribution < 1.29 is 9.53 Å². The number of para-hydroxylation sites is 1. The molecule has 1 fully saturated rings. The molecule has 1 amide bonds. The van der Waals surface area contributed by atoms with Crippen molar-refractivity contribution in [3.63, 3.8) is 0 Å². The monoisotopic (exact) mass is 407 g/mol. The van der Waals surface area contributed by atoms with Gasteiger partial charge in [0.25, 0.3) is 5.91 Å². The summed E-state index contributed by atoms with van der Waals surface area (Å²) in [6.45, 7) is 3.65. The third-order valence-corrected chi connectivity index (χ3v) is 6.67. The molecular formula is C23H25N3O2S. The number of aromatic nitrogens is 2. The van der Waals surface area contributed by atoms with Gasteiger partial charge in [-0.25, -0.2) is 0 Å². The van der Waals surface area contributed by atoms with Crippen molar-refractivity contribution in [3.05, 3.63) is 71.4 Å². The predicted octanol–water partition coefficient (Wildman–Crippen LogP) is 4.71. The summed E-state index contributed by atoms with van der Waals surface area (Å²) in [5.41, 5.74) is 4.81. The maximum atomic E-state index is 13.1. The zero-order chi connectivity index (χ0) is 20.2. The number of hydrogen-bond donors (Lipinski definition) is 1. The van der Waals surface area contributed by atoms with Crippen LogP contribution in [0.1, 0.15) is 33.3 Å². The lowest BCUT2D eigenvalue weighted by atomic mass is 10.0. The number of carbonyl (C=O) groups is 1. The highest BCUT2D eigenvalue weighted by Crippen LogP contribution is 2.36. The second-order valence-corrected chi connectivity index (χ2v) is 8.47. The van der Waals surface area contributed by atoms with Crippen LogP contribution in [0.3, 0.4) is 0 Å². The molecule has 1 aliphatic rings. The Hall–Kier alpha value is -2.73. The number of aryl methyl sites for hydroxylation is 1. The Morgan fingerprint density at radius 3 is 2.79 bits per heavy atom. The molecule has 2 aromatic carbocycles. The summed E-state index contributed by atoms with van der Waals surface area (Å²) in [7, 11) is 1.64. The Bertz CT molecular complexity index is 1000. The first-order valence-electron chi connectivity index (χ1n) is 9.82. The van der Waals surface area contributed by atoms with E-state index >= 15 is 0 Å². The van der Waals surface area contributed by atoms with Crippen LogP contribution in [0, 0.1) is 6.92 Å². The molecule has 4 rings (SSSR count). The minimum Gasteiger partial charge on any atom is -0.496 e. The maximum absolute atomic E-state index is 13.1. The van der Waals surface area contributed by atoms with Crippen molar-refractivity contribution in [2.24, 2.45) is 0 Å². The lowest BCUT2D eigenvalue weighted by Crippen LogP contribution is -2.33. The number of methoxy groups -OCH3 is 1. The van der Waals surface area contributed by atoms with E-state index in [1.165, 1.54) is 11.1 Å². The summed E-state index contributed by atoms with van der Waals surface area (Å²) in [5.74, 6) is 1.67.